The minimum Gasteiger partial charge on any atom is -0.396 e. The third kappa shape index (κ3) is 3.01. The van der Waals surface area contributed by atoms with Gasteiger partial charge in [-0.05, 0) is 30.9 Å². The molecule has 0 aliphatic rings. The van der Waals surface area contributed by atoms with Crippen LogP contribution < -0.4 is 5.32 Å². The first-order valence-corrected chi connectivity index (χ1v) is 6.62. The first-order chi connectivity index (χ1) is 8.85. The lowest BCUT2D eigenvalue weighted by Gasteiger charge is -2.17. The van der Waals surface area contributed by atoms with E-state index in [1.807, 2.05) is 22.7 Å². The molecular weight excluding hydrogens is 226 g/mol. The molecule has 2 rings (SSSR count). The summed E-state index contributed by atoms with van der Waals surface area (Å²) in [4.78, 5) is 4.26. The highest BCUT2D eigenvalue weighted by molar-refractivity contribution is 5.49. The molecule has 4 heteroatoms. The maximum absolute atomic E-state index is 9.06. The normalized spacial score (nSPS) is 12.8. The van der Waals surface area contributed by atoms with Crippen LogP contribution in [0.2, 0.25) is 0 Å². The Kier molecular flexibility index (Phi) is 4.59. The fraction of sp³-hybridized carbons (Fsp3) is 0.500. The van der Waals surface area contributed by atoms with Crippen molar-refractivity contribution in [1.82, 2.24) is 9.38 Å². The first kappa shape index (κ1) is 12.9. The number of nitrogens with zero attached hydrogens (tertiary/aromatic N) is 2. The highest BCUT2D eigenvalue weighted by Crippen LogP contribution is 2.15. The maximum atomic E-state index is 9.06. The van der Waals surface area contributed by atoms with E-state index in [9.17, 15) is 0 Å². The minimum absolute atomic E-state index is 0.265. The van der Waals surface area contributed by atoms with Crippen molar-refractivity contribution in [2.45, 2.75) is 26.2 Å². The van der Waals surface area contributed by atoms with Crippen molar-refractivity contribution in [3.8, 4) is 0 Å². The summed E-state index contributed by atoms with van der Waals surface area (Å²) in [5.41, 5.74) is 0.953. The molecule has 4 nitrogen and oxygen atoms in total. The number of anilines is 1. The standard InChI is InChI=1S/C14H21N3O/c1-2-4-12(7-10-18)11-16-14-6-3-5-13-15-8-9-17(13)14/h3,5-6,8-9,12,16,18H,2,4,7,10-11H2,1H3. The molecule has 2 heterocycles. The van der Waals surface area contributed by atoms with E-state index in [4.69, 9.17) is 5.11 Å². The van der Waals surface area contributed by atoms with E-state index in [1.165, 1.54) is 0 Å². The number of aliphatic hydroxyl groups excluding tert-OH is 1. The molecule has 1 unspecified atom stereocenters. The molecule has 0 aliphatic heterocycles. The third-order valence-corrected chi connectivity index (χ3v) is 3.23. The number of aromatic nitrogens is 2. The summed E-state index contributed by atoms with van der Waals surface area (Å²) in [7, 11) is 0. The molecule has 0 spiro atoms. The zero-order chi connectivity index (χ0) is 12.8. The molecule has 2 N–H and O–H groups in total. The van der Waals surface area contributed by atoms with E-state index in [0.29, 0.717) is 5.92 Å². The Balaban J connectivity index is 2.02. The zero-order valence-electron chi connectivity index (χ0n) is 10.8. The van der Waals surface area contributed by atoms with Gasteiger partial charge in [-0.2, -0.15) is 0 Å². The lowest BCUT2D eigenvalue weighted by molar-refractivity contribution is 0.255. The van der Waals surface area contributed by atoms with Crippen LogP contribution in [0.1, 0.15) is 26.2 Å². The van der Waals surface area contributed by atoms with E-state index in [2.05, 4.69) is 23.3 Å². The molecule has 0 aliphatic carbocycles. The summed E-state index contributed by atoms with van der Waals surface area (Å²) in [5, 5.41) is 12.5. The van der Waals surface area contributed by atoms with Crippen LogP contribution >= 0.6 is 0 Å². The summed E-state index contributed by atoms with van der Waals surface area (Å²) < 4.78 is 2.04. The predicted molar refractivity (Wildman–Crippen MR) is 73.8 cm³/mol. The van der Waals surface area contributed by atoms with Gasteiger partial charge in [0.1, 0.15) is 11.5 Å². The fourth-order valence-corrected chi connectivity index (χ4v) is 2.28. The number of hydrogen-bond donors (Lipinski definition) is 2. The molecule has 2 aromatic rings. The summed E-state index contributed by atoms with van der Waals surface area (Å²) in [6.45, 7) is 3.34. The van der Waals surface area contributed by atoms with Gasteiger partial charge in [-0.25, -0.2) is 4.98 Å². The average molecular weight is 247 g/mol. The van der Waals surface area contributed by atoms with Crippen molar-refractivity contribution < 1.29 is 5.11 Å². The molecule has 0 saturated heterocycles. The van der Waals surface area contributed by atoms with Crippen LogP contribution in [0.3, 0.4) is 0 Å². The van der Waals surface area contributed by atoms with Crippen LogP contribution in [0.15, 0.2) is 30.6 Å². The van der Waals surface area contributed by atoms with Gasteiger partial charge in [0.25, 0.3) is 0 Å². The number of rotatable bonds is 7. The molecule has 98 valence electrons. The topological polar surface area (TPSA) is 49.6 Å². The Hall–Kier alpha value is -1.55. The van der Waals surface area contributed by atoms with E-state index >= 15 is 0 Å². The number of aliphatic hydroxyl groups is 1. The molecule has 0 saturated carbocycles. The van der Waals surface area contributed by atoms with Crippen LogP contribution in [0, 0.1) is 5.92 Å². The monoisotopic (exact) mass is 247 g/mol. The number of hydrogen-bond acceptors (Lipinski definition) is 3. The summed E-state index contributed by atoms with van der Waals surface area (Å²) in [6, 6.07) is 6.05. The fourth-order valence-electron chi connectivity index (χ4n) is 2.28. The van der Waals surface area contributed by atoms with Gasteiger partial charge in [-0.3, -0.25) is 4.40 Å². The molecule has 0 bridgehead atoms. The second-order valence-electron chi connectivity index (χ2n) is 4.61. The van der Waals surface area contributed by atoms with Crippen molar-refractivity contribution in [3.05, 3.63) is 30.6 Å². The largest absolute Gasteiger partial charge is 0.396 e. The minimum atomic E-state index is 0.265. The molecule has 0 amide bonds. The Morgan fingerprint density at radius 3 is 3.06 bits per heavy atom. The molecule has 0 radical (unpaired) electrons. The summed E-state index contributed by atoms with van der Waals surface area (Å²) in [5.74, 6) is 1.59. The third-order valence-electron chi connectivity index (χ3n) is 3.23. The maximum Gasteiger partial charge on any atom is 0.138 e. The van der Waals surface area contributed by atoms with Crippen molar-refractivity contribution in [1.29, 1.82) is 0 Å². The van der Waals surface area contributed by atoms with Crippen LogP contribution in [-0.4, -0.2) is 27.6 Å². The predicted octanol–water partition coefficient (Wildman–Crippen LogP) is 2.54. The highest BCUT2D eigenvalue weighted by atomic mass is 16.3. The van der Waals surface area contributed by atoms with Crippen molar-refractivity contribution >= 4 is 11.5 Å². The van der Waals surface area contributed by atoms with Gasteiger partial charge in [0.15, 0.2) is 0 Å². The molecule has 0 fully saturated rings. The second kappa shape index (κ2) is 6.40. The summed E-state index contributed by atoms with van der Waals surface area (Å²) in [6.07, 6.45) is 6.92. The molecule has 2 aromatic heterocycles. The first-order valence-electron chi connectivity index (χ1n) is 6.62. The van der Waals surface area contributed by atoms with Gasteiger partial charge < -0.3 is 10.4 Å². The average Bonchev–Trinajstić information content (AvgIpc) is 2.85. The van der Waals surface area contributed by atoms with Gasteiger partial charge in [-0.15, -0.1) is 0 Å². The van der Waals surface area contributed by atoms with Crippen LogP contribution in [0.25, 0.3) is 5.65 Å². The van der Waals surface area contributed by atoms with E-state index in [1.54, 1.807) is 6.20 Å². The smallest absolute Gasteiger partial charge is 0.138 e. The van der Waals surface area contributed by atoms with Crippen molar-refractivity contribution in [3.63, 3.8) is 0 Å². The van der Waals surface area contributed by atoms with E-state index in [0.717, 1.165) is 37.3 Å². The van der Waals surface area contributed by atoms with Crippen molar-refractivity contribution in [2.75, 3.05) is 18.5 Å². The van der Waals surface area contributed by atoms with Gasteiger partial charge >= 0.3 is 0 Å². The number of imidazole rings is 1. The quantitative estimate of drug-likeness (QED) is 0.790. The highest BCUT2D eigenvalue weighted by Gasteiger charge is 2.08. The van der Waals surface area contributed by atoms with Gasteiger partial charge in [0, 0.05) is 25.5 Å². The molecule has 0 aromatic carbocycles. The lowest BCUT2D eigenvalue weighted by atomic mass is 10.0. The molecular formula is C14H21N3O. The van der Waals surface area contributed by atoms with Crippen LogP contribution in [-0.2, 0) is 0 Å². The van der Waals surface area contributed by atoms with Gasteiger partial charge in [-0.1, -0.05) is 19.4 Å². The Bertz CT molecular complexity index is 475. The molecule has 18 heavy (non-hydrogen) atoms. The SMILES string of the molecule is CCCC(CCO)CNc1cccc2nccn12. The lowest BCUT2D eigenvalue weighted by Crippen LogP contribution is -2.17. The Labute approximate surface area is 108 Å². The Morgan fingerprint density at radius 1 is 1.39 bits per heavy atom. The second-order valence-corrected chi connectivity index (χ2v) is 4.61. The van der Waals surface area contributed by atoms with Gasteiger partial charge in [0.05, 0.1) is 0 Å². The zero-order valence-corrected chi connectivity index (χ0v) is 10.8. The van der Waals surface area contributed by atoms with Crippen LogP contribution in [0.5, 0.6) is 0 Å². The van der Waals surface area contributed by atoms with E-state index < -0.39 is 0 Å². The van der Waals surface area contributed by atoms with E-state index in [-0.39, 0.29) is 6.61 Å². The molecule has 1 atom stereocenters. The number of fused-ring (bicyclic) bond motifs is 1. The van der Waals surface area contributed by atoms with Gasteiger partial charge in [0.2, 0.25) is 0 Å². The van der Waals surface area contributed by atoms with Crippen LogP contribution in [0.4, 0.5) is 5.82 Å². The Morgan fingerprint density at radius 2 is 2.28 bits per heavy atom. The summed E-state index contributed by atoms with van der Waals surface area (Å²) >= 11 is 0. The van der Waals surface area contributed by atoms with Crippen molar-refractivity contribution in [2.24, 2.45) is 5.92 Å². The number of nitrogens with one attached hydrogen (secondary N) is 1. The number of pyridine rings is 1.